The van der Waals surface area contributed by atoms with Gasteiger partial charge in [-0.05, 0) is 82.6 Å². The maximum atomic E-state index is 15.4. The van der Waals surface area contributed by atoms with E-state index >= 15 is 8.78 Å². The monoisotopic (exact) mass is 825 g/mol. The van der Waals surface area contributed by atoms with Gasteiger partial charge in [-0.1, -0.05) is 20.8 Å². The molecule has 17 heteroatoms. The van der Waals surface area contributed by atoms with Crippen molar-refractivity contribution in [1.29, 1.82) is 0 Å². The van der Waals surface area contributed by atoms with Crippen molar-refractivity contribution >= 4 is 45.6 Å². The average Bonchev–Trinajstić information content (AvgIpc) is 3.96. The number of rotatable bonds is 15. The molecule has 4 aromatic rings. The Morgan fingerprint density at radius 1 is 0.831 bits per heavy atom. The molecule has 320 valence electrons. The van der Waals surface area contributed by atoms with E-state index in [-0.39, 0.29) is 74.4 Å². The summed E-state index contributed by atoms with van der Waals surface area (Å²) < 4.78 is 62.1. The number of likely N-dealkylation sites (N-methyl/N-ethyl adjacent to an activating group) is 2. The molecule has 0 bridgehead atoms. The molecule has 2 fully saturated rings. The van der Waals surface area contributed by atoms with E-state index in [0.717, 1.165) is 0 Å². The topological polar surface area (TPSA) is 156 Å². The lowest BCUT2D eigenvalue weighted by atomic mass is 9.98. The van der Waals surface area contributed by atoms with Gasteiger partial charge in [0.1, 0.15) is 36.1 Å². The Kier molecular flexibility index (Phi) is 13.3. The molecule has 13 nitrogen and oxygen atoms in total. The maximum absolute atomic E-state index is 15.4. The van der Waals surface area contributed by atoms with Gasteiger partial charge < -0.3 is 40.6 Å². The first-order valence-electron chi connectivity index (χ1n) is 20.4. The molecule has 2 aliphatic heterocycles. The number of imidazole rings is 1. The molecule has 0 aliphatic carbocycles. The highest BCUT2D eigenvalue weighted by molar-refractivity contribution is 5.93. The summed E-state index contributed by atoms with van der Waals surface area (Å²) in [6.45, 7) is 8.36. The van der Waals surface area contributed by atoms with Crippen molar-refractivity contribution in [2.45, 2.75) is 115 Å². The quantitative estimate of drug-likeness (QED) is 0.113. The molecule has 4 heterocycles. The molecular weight excluding hydrogens is 771 g/mol. The number of carbonyl (C=O) groups excluding carboxylic acids is 4. The summed E-state index contributed by atoms with van der Waals surface area (Å²) in [5.41, 5.74) is 2.16. The van der Waals surface area contributed by atoms with Crippen LogP contribution in [-0.4, -0.2) is 124 Å². The molecule has 2 aliphatic rings. The van der Waals surface area contributed by atoms with Crippen LogP contribution >= 0.6 is 0 Å². The maximum Gasteiger partial charge on any atom is 0.245 e. The first-order chi connectivity index (χ1) is 28.0. The summed E-state index contributed by atoms with van der Waals surface area (Å²) in [4.78, 5) is 64.9. The van der Waals surface area contributed by atoms with Gasteiger partial charge in [0.05, 0.1) is 47.9 Å². The third-order valence-corrected chi connectivity index (χ3v) is 11.8. The van der Waals surface area contributed by atoms with E-state index in [1.807, 2.05) is 0 Å². The third kappa shape index (κ3) is 9.10. The van der Waals surface area contributed by atoms with Gasteiger partial charge in [-0.3, -0.25) is 19.2 Å². The minimum Gasteiger partial charge on any atom is -0.352 e. The molecule has 0 saturated carbocycles. The van der Waals surface area contributed by atoms with Crippen LogP contribution in [0.5, 0.6) is 0 Å². The van der Waals surface area contributed by atoms with Crippen LogP contribution in [0.4, 0.5) is 17.6 Å². The van der Waals surface area contributed by atoms with Gasteiger partial charge in [0.15, 0.2) is 5.82 Å². The summed E-state index contributed by atoms with van der Waals surface area (Å²) in [6.07, 6.45) is -2.32. The van der Waals surface area contributed by atoms with E-state index in [1.54, 1.807) is 65.4 Å². The van der Waals surface area contributed by atoms with Crippen LogP contribution in [0.3, 0.4) is 0 Å². The van der Waals surface area contributed by atoms with Crippen molar-refractivity contribution in [3.05, 3.63) is 53.6 Å². The summed E-state index contributed by atoms with van der Waals surface area (Å²) in [7, 11) is 3.26. The Balaban J connectivity index is 1.40. The summed E-state index contributed by atoms with van der Waals surface area (Å²) in [5.74, 6) is -2.69. The number of carbonyl (C=O) groups is 4. The Morgan fingerprint density at radius 3 is 2.05 bits per heavy atom. The third-order valence-electron chi connectivity index (χ3n) is 11.8. The highest BCUT2D eigenvalue weighted by atomic mass is 19.1. The van der Waals surface area contributed by atoms with Gasteiger partial charge in [-0.25, -0.2) is 22.5 Å². The predicted molar refractivity (Wildman–Crippen MR) is 217 cm³/mol. The van der Waals surface area contributed by atoms with Gasteiger partial charge in [0, 0.05) is 42.4 Å². The normalized spacial score (nSPS) is 21.6. The molecule has 6 rings (SSSR count). The van der Waals surface area contributed by atoms with E-state index in [0.29, 0.717) is 27.7 Å². The Bertz CT molecular complexity index is 2190. The van der Waals surface area contributed by atoms with Gasteiger partial charge in [0.2, 0.25) is 23.6 Å². The largest absolute Gasteiger partial charge is 0.352 e. The van der Waals surface area contributed by atoms with Crippen LogP contribution in [0.2, 0.25) is 0 Å². The van der Waals surface area contributed by atoms with E-state index in [2.05, 4.69) is 26.3 Å². The fourth-order valence-electron chi connectivity index (χ4n) is 8.25. The van der Waals surface area contributed by atoms with E-state index in [4.69, 9.17) is 4.98 Å². The Hall–Kier alpha value is -5.03. The zero-order valence-electron chi connectivity index (χ0n) is 34.5. The SMILES string of the molecule is CC[C@H](NC(=O)[C@H](C)NC)C(=O)N1C[C@@H](F)C[C@H]1Cn1c(-c2[nH]c3cc(F)ccc3c2C[C@@H]2C[C@H](F)CN2C(=O)C(NC(=O)[C@H](C)NC)C(C)C)nc2cc(F)ccc21. The van der Waals surface area contributed by atoms with E-state index in [1.165, 1.54) is 34.1 Å². The average molecular weight is 826 g/mol. The summed E-state index contributed by atoms with van der Waals surface area (Å²) in [6, 6.07) is 3.98. The number of halogens is 4. The second kappa shape index (κ2) is 18.1. The predicted octanol–water partition coefficient (Wildman–Crippen LogP) is 4.13. The van der Waals surface area contributed by atoms with Crippen LogP contribution < -0.4 is 21.3 Å². The van der Waals surface area contributed by atoms with Crippen LogP contribution in [0, 0.1) is 17.6 Å². The first kappa shape index (κ1) is 43.5. The molecule has 4 amide bonds. The molecule has 2 aromatic carbocycles. The molecule has 2 saturated heterocycles. The van der Waals surface area contributed by atoms with Crippen LogP contribution in [-0.2, 0) is 32.1 Å². The van der Waals surface area contributed by atoms with Crippen molar-refractivity contribution < 1.29 is 36.7 Å². The molecule has 2 aromatic heterocycles. The second-order valence-electron chi connectivity index (χ2n) is 16.2. The van der Waals surface area contributed by atoms with E-state index in [9.17, 15) is 28.0 Å². The van der Waals surface area contributed by atoms with Crippen molar-refractivity contribution in [3.8, 4) is 11.5 Å². The van der Waals surface area contributed by atoms with Gasteiger partial charge in [-0.15, -0.1) is 0 Å². The van der Waals surface area contributed by atoms with Crippen molar-refractivity contribution in [3.63, 3.8) is 0 Å². The number of amides is 4. The highest BCUT2D eigenvalue weighted by Gasteiger charge is 2.42. The highest BCUT2D eigenvalue weighted by Crippen LogP contribution is 2.37. The second-order valence-corrected chi connectivity index (χ2v) is 16.2. The minimum absolute atomic E-state index is 0.00557. The molecule has 8 atom stereocenters. The number of hydrogen-bond acceptors (Lipinski definition) is 7. The number of nitrogens with zero attached hydrogens (tertiary/aromatic N) is 4. The number of benzene rings is 2. The molecule has 0 spiro atoms. The summed E-state index contributed by atoms with van der Waals surface area (Å²) >= 11 is 0. The Labute approximate surface area is 341 Å². The molecule has 5 N–H and O–H groups in total. The molecule has 0 radical (unpaired) electrons. The zero-order chi connectivity index (χ0) is 42.9. The number of fused-ring (bicyclic) bond motifs is 2. The number of alkyl halides is 2. The number of aromatic amines is 1. The standard InChI is InChI=1S/C42H55F4N9O4/c1-8-32(51-39(56)22(4)47-6)41(58)54-19-27(46)14-29(54)20-55-35-12-10-25(44)16-34(35)50-38(55)37-31(30-11-9-24(43)15-33(30)49-37)17-28-13-26(45)18-53(28)42(59)36(21(2)3)52-40(57)23(5)48-7/h9-12,15-16,21-23,26-29,32,36,47-49H,8,13-14,17-20H2,1-7H3,(H,51,56)(H,52,57)/t22-,23-,26-,27-,28-,29-,32-,36?/m0/s1. The van der Waals surface area contributed by atoms with Gasteiger partial charge in [-0.2, -0.15) is 0 Å². The summed E-state index contributed by atoms with van der Waals surface area (Å²) in [5, 5.41) is 11.9. The lowest BCUT2D eigenvalue weighted by molar-refractivity contribution is -0.138. The fourth-order valence-corrected chi connectivity index (χ4v) is 8.25. The van der Waals surface area contributed by atoms with Crippen molar-refractivity contribution in [1.82, 2.24) is 45.6 Å². The fraction of sp³-hybridized carbons (Fsp3) is 0.548. The number of aromatic nitrogens is 3. The zero-order valence-corrected chi connectivity index (χ0v) is 34.5. The van der Waals surface area contributed by atoms with Gasteiger partial charge in [0.25, 0.3) is 0 Å². The first-order valence-corrected chi connectivity index (χ1v) is 20.4. The number of H-pyrrole nitrogens is 1. The van der Waals surface area contributed by atoms with Crippen molar-refractivity contribution in [2.24, 2.45) is 5.92 Å². The molecule has 1 unspecified atom stereocenters. The minimum atomic E-state index is -1.35. The van der Waals surface area contributed by atoms with Crippen molar-refractivity contribution in [2.75, 3.05) is 27.2 Å². The number of nitrogens with one attached hydrogen (secondary N) is 5. The van der Waals surface area contributed by atoms with E-state index < -0.39 is 72.0 Å². The lowest BCUT2D eigenvalue weighted by Gasteiger charge is -2.31. The number of likely N-dealkylation sites (tertiary alicyclic amines) is 2. The van der Waals surface area contributed by atoms with Crippen LogP contribution in [0.1, 0.15) is 59.4 Å². The van der Waals surface area contributed by atoms with Crippen LogP contribution in [0.15, 0.2) is 36.4 Å². The molecular formula is C42H55F4N9O4. The Morgan fingerprint density at radius 2 is 1.42 bits per heavy atom. The van der Waals surface area contributed by atoms with Gasteiger partial charge >= 0.3 is 0 Å². The smallest absolute Gasteiger partial charge is 0.245 e. The lowest BCUT2D eigenvalue weighted by Crippen LogP contribution is -2.55. The molecule has 59 heavy (non-hydrogen) atoms. The number of hydrogen-bond donors (Lipinski definition) is 5. The van der Waals surface area contributed by atoms with Crippen LogP contribution in [0.25, 0.3) is 33.5 Å².